The number of rotatable bonds is 2. The molecule has 0 aliphatic rings. The van der Waals surface area contributed by atoms with Crippen LogP contribution in [-0.2, 0) is 4.79 Å². The molecule has 0 radical (unpaired) electrons. The van der Waals surface area contributed by atoms with Crippen LogP contribution in [0.2, 0.25) is 0 Å². The minimum absolute atomic E-state index is 0.353. The van der Waals surface area contributed by atoms with Crippen LogP contribution in [0.3, 0.4) is 0 Å². The predicted octanol–water partition coefficient (Wildman–Crippen LogP) is 0.681. The fourth-order valence-corrected chi connectivity index (χ4v) is 0.798. The first-order valence-electron chi connectivity index (χ1n) is 3.11. The van der Waals surface area contributed by atoms with E-state index in [9.17, 15) is 4.79 Å². The second-order valence-corrected chi connectivity index (χ2v) is 2.99. The zero-order valence-corrected chi connectivity index (χ0v) is 6.88. The van der Waals surface area contributed by atoms with Crippen LogP contribution in [0.15, 0.2) is 11.8 Å². The first-order valence-corrected chi connectivity index (χ1v) is 3.11. The van der Waals surface area contributed by atoms with E-state index in [2.05, 4.69) is 0 Å². The van der Waals surface area contributed by atoms with Crippen molar-refractivity contribution in [3.8, 4) is 0 Å². The summed E-state index contributed by atoms with van der Waals surface area (Å²) < 4.78 is 0.353. The number of hydrogen-bond acceptors (Lipinski definition) is 1. The van der Waals surface area contributed by atoms with Gasteiger partial charge >= 0.3 is 5.97 Å². The maximum Gasteiger partial charge on any atom is 0.390 e. The van der Waals surface area contributed by atoms with Crippen molar-refractivity contribution >= 4 is 5.97 Å². The molecular weight excluding hydrogens is 130 g/mol. The van der Waals surface area contributed by atoms with Crippen LogP contribution >= 0.6 is 0 Å². The Kier molecular flexibility index (Phi) is 2.60. The Morgan fingerprint density at radius 1 is 1.40 bits per heavy atom. The topological polar surface area (TPSA) is 37.3 Å². The summed E-state index contributed by atoms with van der Waals surface area (Å²) in [5.74, 6) is -0.852. The summed E-state index contributed by atoms with van der Waals surface area (Å²) in [4.78, 5) is 10.5. The second kappa shape index (κ2) is 2.84. The van der Waals surface area contributed by atoms with Crippen LogP contribution in [0.25, 0.3) is 0 Å². The maximum absolute atomic E-state index is 10.5. The van der Waals surface area contributed by atoms with Gasteiger partial charge in [-0.3, -0.25) is 4.48 Å². The van der Waals surface area contributed by atoms with Crippen LogP contribution in [0.5, 0.6) is 0 Å². The molecule has 1 N–H and O–H groups in total. The van der Waals surface area contributed by atoms with Gasteiger partial charge in [-0.1, -0.05) is 0 Å². The molecule has 0 bridgehead atoms. The third kappa shape index (κ3) is 2.19. The molecule has 0 fully saturated rings. The number of aliphatic carboxylic acids is 1. The lowest BCUT2D eigenvalue weighted by molar-refractivity contribution is -0.827. The minimum Gasteiger partial charge on any atom is -0.474 e. The Hall–Kier alpha value is -0.830. The van der Waals surface area contributed by atoms with Gasteiger partial charge in [-0.05, 0) is 13.0 Å². The van der Waals surface area contributed by atoms with Gasteiger partial charge in [-0.2, -0.15) is 0 Å². The van der Waals surface area contributed by atoms with E-state index in [4.69, 9.17) is 5.11 Å². The van der Waals surface area contributed by atoms with Crippen LogP contribution in [0, 0.1) is 0 Å². The molecule has 0 rings (SSSR count). The molecule has 0 aliphatic carbocycles. The lowest BCUT2D eigenvalue weighted by atomic mass is 10.3. The molecule has 0 aliphatic heterocycles. The van der Waals surface area contributed by atoms with Crippen molar-refractivity contribution in [2.45, 2.75) is 6.92 Å². The van der Waals surface area contributed by atoms with Crippen molar-refractivity contribution in [2.75, 3.05) is 21.1 Å². The molecule has 3 heteroatoms. The molecule has 3 nitrogen and oxygen atoms in total. The van der Waals surface area contributed by atoms with Crippen LogP contribution in [0.1, 0.15) is 6.92 Å². The Morgan fingerprint density at radius 2 is 1.80 bits per heavy atom. The number of likely N-dealkylation sites (N-methyl/N-ethyl adjacent to an activating group) is 1. The maximum atomic E-state index is 10.5. The quantitative estimate of drug-likeness (QED) is 0.457. The van der Waals surface area contributed by atoms with E-state index >= 15 is 0 Å². The Labute approximate surface area is 61.2 Å². The van der Waals surface area contributed by atoms with Crippen LogP contribution in [-0.4, -0.2) is 36.7 Å². The van der Waals surface area contributed by atoms with Gasteiger partial charge in [0.1, 0.15) is 0 Å². The zero-order valence-electron chi connectivity index (χ0n) is 6.88. The van der Waals surface area contributed by atoms with E-state index < -0.39 is 5.97 Å². The van der Waals surface area contributed by atoms with Crippen LogP contribution < -0.4 is 0 Å². The van der Waals surface area contributed by atoms with E-state index in [0.29, 0.717) is 10.2 Å². The largest absolute Gasteiger partial charge is 0.474 e. The summed E-state index contributed by atoms with van der Waals surface area (Å²) in [5, 5.41) is 8.62. The van der Waals surface area contributed by atoms with Gasteiger partial charge in [-0.25, -0.2) is 4.79 Å². The average molecular weight is 144 g/mol. The highest BCUT2D eigenvalue weighted by Gasteiger charge is 2.21. The number of hydrogen-bond donors (Lipinski definition) is 1. The first kappa shape index (κ1) is 9.17. The summed E-state index contributed by atoms with van der Waals surface area (Å²) >= 11 is 0. The normalized spacial score (nSPS) is 13.4. The monoisotopic (exact) mass is 144 g/mol. The van der Waals surface area contributed by atoms with E-state index in [0.717, 1.165) is 0 Å². The first-order chi connectivity index (χ1) is 4.39. The lowest BCUT2D eigenvalue weighted by Crippen LogP contribution is -2.37. The Morgan fingerprint density at radius 3 is 1.80 bits per heavy atom. The molecule has 0 aromatic carbocycles. The van der Waals surface area contributed by atoms with Gasteiger partial charge in [0, 0.05) is 0 Å². The van der Waals surface area contributed by atoms with Gasteiger partial charge in [0.25, 0.3) is 0 Å². The zero-order chi connectivity index (χ0) is 8.36. The van der Waals surface area contributed by atoms with Crippen molar-refractivity contribution in [3.05, 3.63) is 11.8 Å². The fraction of sp³-hybridized carbons (Fsp3) is 0.571. The second-order valence-electron chi connectivity index (χ2n) is 2.99. The molecule has 0 saturated heterocycles. The van der Waals surface area contributed by atoms with E-state index in [1.54, 1.807) is 13.0 Å². The minimum atomic E-state index is -0.852. The van der Waals surface area contributed by atoms with Gasteiger partial charge in [0.05, 0.1) is 21.1 Å². The average Bonchev–Trinajstić information content (AvgIpc) is 1.60. The summed E-state index contributed by atoms with van der Waals surface area (Å²) in [7, 11) is 5.47. The van der Waals surface area contributed by atoms with Gasteiger partial charge in [-0.15, -0.1) is 0 Å². The summed E-state index contributed by atoms with van der Waals surface area (Å²) in [6.07, 6.45) is 1.61. The van der Waals surface area contributed by atoms with E-state index in [-0.39, 0.29) is 0 Å². The SMILES string of the molecule is CC=C(C(=O)O)[N+](C)(C)C. The molecule has 0 saturated carbocycles. The van der Waals surface area contributed by atoms with Gasteiger partial charge in [0.2, 0.25) is 5.70 Å². The van der Waals surface area contributed by atoms with E-state index in [1.165, 1.54) is 0 Å². The molecule has 0 aromatic heterocycles. The third-order valence-corrected chi connectivity index (χ3v) is 1.22. The predicted molar refractivity (Wildman–Crippen MR) is 39.4 cm³/mol. The highest BCUT2D eigenvalue weighted by Crippen LogP contribution is 2.06. The molecule has 0 amide bonds. The number of carboxylic acids is 1. The number of carboxylic acid groups (broad SMARTS) is 1. The molecule has 0 spiro atoms. The third-order valence-electron chi connectivity index (χ3n) is 1.22. The fourth-order valence-electron chi connectivity index (χ4n) is 0.798. The molecule has 0 heterocycles. The molecule has 10 heavy (non-hydrogen) atoms. The standard InChI is InChI=1S/C7H13NO2/c1-5-6(7(9)10)8(2,3)4/h5H,1-4H3/p+1. The van der Waals surface area contributed by atoms with Crippen LogP contribution in [0.4, 0.5) is 0 Å². The summed E-state index contributed by atoms with van der Waals surface area (Å²) in [5.41, 5.74) is 0.403. The van der Waals surface area contributed by atoms with Crippen molar-refractivity contribution in [1.29, 1.82) is 0 Å². The summed E-state index contributed by atoms with van der Waals surface area (Å²) in [6, 6.07) is 0. The molecule has 0 aromatic rings. The van der Waals surface area contributed by atoms with Crippen molar-refractivity contribution in [2.24, 2.45) is 0 Å². The van der Waals surface area contributed by atoms with Crippen molar-refractivity contribution in [1.82, 2.24) is 0 Å². The Bertz CT molecular complexity index is 165. The van der Waals surface area contributed by atoms with Gasteiger partial charge < -0.3 is 5.11 Å². The number of allylic oxidation sites excluding steroid dienone is 1. The smallest absolute Gasteiger partial charge is 0.390 e. The summed E-state index contributed by atoms with van der Waals surface area (Å²) in [6.45, 7) is 1.73. The number of carbonyl (C=O) groups is 1. The molecular formula is C7H14NO2+. The molecule has 0 unspecified atom stereocenters. The van der Waals surface area contributed by atoms with Gasteiger partial charge in [0.15, 0.2) is 0 Å². The molecule has 58 valence electrons. The lowest BCUT2D eigenvalue weighted by Gasteiger charge is -2.22. The van der Waals surface area contributed by atoms with E-state index in [1.807, 2.05) is 21.1 Å². The molecule has 0 atom stereocenters. The van der Waals surface area contributed by atoms with Crippen molar-refractivity contribution in [3.63, 3.8) is 0 Å². The Balaban J connectivity index is 4.56. The highest BCUT2D eigenvalue weighted by molar-refractivity contribution is 5.83. The van der Waals surface area contributed by atoms with Crippen molar-refractivity contribution < 1.29 is 14.4 Å². The number of quaternary nitrogens is 1. The highest BCUT2D eigenvalue weighted by atomic mass is 16.4. The number of nitrogens with zero attached hydrogens (tertiary/aromatic N) is 1.